The van der Waals surface area contributed by atoms with E-state index in [2.05, 4.69) is 28.1 Å². The molecule has 1 aliphatic heterocycles. The first kappa shape index (κ1) is 26.2. The van der Waals surface area contributed by atoms with Crippen molar-refractivity contribution >= 4 is 40.4 Å². The zero-order valence-corrected chi connectivity index (χ0v) is 19.0. The van der Waals surface area contributed by atoms with Crippen molar-refractivity contribution in [2.24, 2.45) is 0 Å². The van der Waals surface area contributed by atoms with Gasteiger partial charge in [0.25, 0.3) is 0 Å². The number of ether oxygens (including phenoxy) is 1. The number of phosphoric ester groups is 1. The van der Waals surface area contributed by atoms with Crippen molar-refractivity contribution < 1.29 is 61.4 Å². The Kier molecular flexibility index (Phi) is 7.73. The van der Waals surface area contributed by atoms with Crippen LogP contribution >= 0.6 is 23.5 Å². The molecule has 18 nitrogen and oxygen atoms in total. The number of nitrogen functional groups attached to an aromatic ring is 1. The summed E-state index contributed by atoms with van der Waals surface area (Å²) < 4.78 is 52.3. The van der Waals surface area contributed by atoms with Crippen molar-refractivity contribution in [1.29, 1.82) is 0 Å². The maximum Gasteiger partial charge on any atom is 0.490 e. The highest BCUT2D eigenvalue weighted by Crippen LogP contribution is 2.66. The number of hydrogen-bond donors (Lipinski definition) is 7. The second kappa shape index (κ2) is 9.71. The smallest absolute Gasteiger partial charge is 0.388 e. The third kappa shape index (κ3) is 6.83. The molecule has 21 heteroatoms. The second-order valence-corrected chi connectivity index (χ2v) is 11.2. The lowest BCUT2D eigenvalue weighted by molar-refractivity contribution is -0.00981. The average Bonchev–Trinajstić information content (AvgIpc) is 3.17. The first-order valence-electron chi connectivity index (χ1n) is 8.89. The van der Waals surface area contributed by atoms with Crippen LogP contribution in [0.15, 0.2) is 12.7 Å². The molecule has 3 rings (SSSR count). The van der Waals surface area contributed by atoms with Crippen molar-refractivity contribution in [2.45, 2.75) is 37.4 Å². The van der Waals surface area contributed by atoms with Crippen LogP contribution in [0.25, 0.3) is 11.2 Å². The molecule has 1 aliphatic rings. The molecule has 33 heavy (non-hydrogen) atoms. The first-order valence-corrected chi connectivity index (χ1v) is 13.4. The number of aliphatic hydroxyl groups excluding tert-OH is 2. The van der Waals surface area contributed by atoms with E-state index in [0.717, 1.165) is 0 Å². The zero-order chi connectivity index (χ0) is 24.6. The van der Waals surface area contributed by atoms with Crippen LogP contribution in [0.5, 0.6) is 0 Å². The van der Waals surface area contributed by atoms with E-state index in [-0.39, 0.29) is 18.8 Å². The molecule has 0 radical (unpaired) electrons. The van der Waals surface area contributed by atoms with Crippen LogP contribution in [-0.4, -0.2) is 80.3 Å². The van der Waals surface area contributed by atoms with Gasteiger partial charge in [0.05, 0.1) is 25.6 Å². The Morgan fingerprint density at radius 3 is 2.33 bits per heavy atom. The van der Waals surface area contributed by atoms with Crippen molar-refractivity contribution in [2.75, 3.05) is 12.3 Å². The Bertz CT molecular complexity index is 1140. The minimum Gasteiger partial charge on any atom is -0.388 e. The van der Waals surface area contributed by atoms with Gasteiger partial charge in [0.1, 0.15) is 30.2 Å². The minimum absolute atomic E-state index is 0.0115. The summed E-state index contributed by atoms with van der Waals surface area (Å²) in [6, 6.07) is 0. The molecule has 6 atom stereocenters. The maximum atomic E-state index is 11.7. The fourth-order valence-electron chi connectivity index (χ4n) is 3.03. The summed E-state index contributed by atoms with van der Waals surface area (Å²) in [7, 11) is -16.5. The zero-order valence-electron chi connectivity index (χ0n) is 16.3. The van der Waals surface area contributed by atoms with Gasteiger partial charge in [-0.1, -0.05) is 0 Å². The molecule has 3 heterocycles. The largest absolute Gasteiger partial charge is 0.490 e. The van der Waals surface area contributed by atoms with Crippen LogP contribution in [0, 0.1) is 0 Å². The number of aromatic nitrogens is 4. The van der Waals surface area contributed by atoms with Gasteiger partial charge in [-0.2, -0.15) is 8.62 Å². The van der Waals surface area contributed by atoms with Crippen LogP contribution in [0.4, 0.5) is 5.82 Å². The standard InChI is InChI=1S/C12H20N5O13P3/c13-11-8-12(15-4-14-11)17(5-16-8)3-7-10(19)9(18)6(28-7)1-2-27-32(23,24)30-33(25,26)29-31(20,21)22/h4-7,9-10,18-19H,1-3H2,(H,23,24)(H,25,26)(H2,13,14,15)(H2,20,21,22). The van der Waals surface area contributed by atoms with Crippen molar-refractivity contribution in [1.82, 2.24) is 19.5 Å². The highest BCUT2D eigenvalue weighted by Gasteiger charge is 2.44. The van der Waals surface area contributed by atoms with Gasteiger partial charge in [-0.05, 0) is 0 Å². The molecule has 0 aromatic carbocycles. The Morgan fingerprint density at radius 2 is 1.67 bits per heavy atom. The summed E-state index contributed by atoms with van der Waals surface area (Å²) in [6.45, 7) is -0.666. The van der Waals surface area contributed by atoms with Gasteiger partial charge in [0.15, 0.2) is 11.5 Å². The van der Waals surface area contributed by atoms with E-state index in [1.165, 1.54) is 17.2 Å². The van der Waals surface area contributed by atoms with Crippen molar-refractivity contribution in [3.05, 3.63) is 12.7 Å². The summed E-state index contributed by atoms with van der Waals surface area (Å²) in [5.74, 6) is 0.149. The summed E-state index contributed by atoms with van der Waals surface area (Å²) in [4.78, 5) is 47.5. The molecular weight excluding hydrogens is 515 g/mol. The highest BCUT2D eigenvalue weighted by atomic mass is 31.3. The summed E-state index contributed by atoms with van der Waals surface area (Å²) >= 11 is 0. The Labute approximate surface area is 184 Å². The number of phosphoric acid groups is 3. The number of nitrogens with two attached hydrogens (primary N) is 1. The van der Waals surface area contributed by atoms with Crippen molar-refractivity contribution in [3.63, 3.8) is 0 Å². The number of hydrogen-bond acceptors (Lipinski definition) is 13. The fourth-order valence-corrected chi connectivity index (χ4v) is 6.06. The number of rotatable bonds is 10. The van der Waals surface area contributed by atoms with Gasteiger partial charge >= 0.3 is 23.5 Å². The molecule has 2 aromatic heterocycles. The van der Waals surface area contributed by atoms with E-state index in [9.17, 15) is 28.8 Å². The Hall–Kier alpha value is -1.36. The summed E-state index contributed by atoms with van der Waals surface area (Å²) in [5, 5.41) is 20.5. The molecule has 1 fully saturated rings. The second-order valence-electron chi connectivity index (χ2n) is 6.74. The topological polar surface area (TPSA) is 279 Å². The van der Waals surface area contributed by atoms with E-state index in [0.29, 0.717) is 11.2 Å². The van der Waals surface area contributed by atoms with Crippen LogP contribution < -0.4 is 5.73 Å². The predicted octanol–water partition coefficient (Wildman–Crippen LogP) is -1.37. The van der Waals surface area contributed by atoms with Gasteiger partial charge in [-0.25, -0.2) is 28.6 Å². The molecule has 0 saturated carbocycles. The number of anilines is 1. The SMILES string of the molecule is Nc1ncnc2c1ncn2CC1OC(CCOP(=O)(O)OP(=O)(O)OP(=O)(O)O)C(O)C1O. The molecule has 6 unspecified atom stereocenters. The van der Waals surface area contributed by atoms with E-state index < -0.39 is 54.5 Å². The number of imidazole rings is 1. The number of nitrogens with zero attached hydrogens (tertiary/aromatic N) is 4. The van der Waals surface area contributed by atoms with Crippen LogP contribution in [0.2, 0.25) is 0 Å². The lowest BCUT2D eigenvalue weighted by atomic mass is 10.1. The van der Waals surface area contributed by atoms with Crippen LogP contribution in [-0.2, 0) is 38.1 Å². The average molecular weight is 535 g/mol. The molecular formula is C12H20N5O13P3. The molecule has 0 bridgehead atoms. The normalized spacial score (nSPS) is 27.5. The number of fused-ring (bicyclic) bond motifs is 1. The minimum atomic E-state index is -5.64. The molecule has 2 aromatic rings. The van der Waals surface area contributed by atoms with Crippen molar-refractivity contribution in [3.8, 4) is 0 Å². The predicted molar refractivity (Wildman–Crippen MR) is 105 cm³/mol. The first-order chi connectivity index (χ1) is 15.2. The highest BCUT2D eigenvalue weighted by molar-refractivity contribution is 7.66. The maximum absolute atomic E-state index is 11.7. The van der Waals surface area contributed by atoms with Gasteiger partial charge in [0, 0.05) is 6.42 Å². The van der Waals surface area contributed by atoms with E-state index >= 15 is 0 Å². The number of aliphatic hydroxyl groups is 2. The lowest BCUT2D eigenvalue weighted by Crippen LogP contribution is -2.34. The quantitative estimate of drug-likeness (QED) is 0.173. The Morgan fingerprint density at radius 1 is 1.00 bits per heavy atom. The Balaban J connectivity index is 1.56. The van der Waals surface area contributed by atoms with Gasteiger partial charge < -0.3 is 44.8 Å². The van der Waals surface area contributed by atoms with Crippen LogP contribution in [0.1, 0.15) is 6.42 Å². The molecule has 1 saturated heterocycles. The monoisotopic (exact) mass is 535 g/mol. The third-order valence-corrected chi connectivity index (χ3v) is 8.18. The molecule has 0 spiro atoms. The van der Waals surface area contributed by atoms with Gasteiger partial charge in [-0.15, -0.1) is 0 Å². The van der Waals surface area contributed by atoms with Gasteiger partial charge in [0.2, 0.25) is 0 Å². The molecule has 0 amide bonds. The van der Waals surface area contributed by atoms with E-state index in [1.54, 1.807) is 0 Å². The molecule has 0 aliphatic carbocycles. The van der Waals surface area contributed by atoms with E-state index in [1.807, 2.05) is 0 Å². The van der Waals surface area contributed by atoms with E-state index in [4.69, 9.17) is 25.2 Å². The third-order valence-electron chi connectivity index (χ3n) is 4.34. The lowest BCUT2D eigenvalue weighted by Gasteiger charge is -2.18. The summed E-state index contributed by atoms with van der Waals surface area (Å²) in [5.41, 5.74) is 6.41. The van der Waals surface area contributed by atoms with Gasteiger partial charge in [-0.3, -0.25) is 4.52 Å². The molecule has 186 valence electrons. The molecule has 8 N–H and O–H groups in total. The van der Waals surface area contributed by atoms with Crippen LogP contribution in [0.3, 0.4) is 0 Å². The fraction of sp³-hybridized carbons (Fsp3) is 0.583. The summed E-state index contributed by atoms with van der Waals surface area (Å²) in [6.07, 6.45) is -2.47.